The normalized spacial score (nSPS) is 12.7. The van der Waals surface area contributed by atoms with Crippen molar-refractivity contribution in [1.82, 2.24) is 0 Å². The zero-order chi connectivity index (χ0) is 11.5. The minimum absolute atomic E-state index is 0.0946. The molecule has 0 aliphatic heterocycles. The van der Waals surface area contributed by atoms with Gasteiger partial charge >= 0.3 is 5.97 Å². The summed E-state index contributed by atoms with van der Waals surface area (Å²) in [5, 5.41) is 8.32. The van der Waals surface area contributed by atoms with Crippen molar-refractivity contribution in [2.24, 2.45) is 0 Å². The number of carboxylic acids is 1. The molecule has 0 rings (SSSR count). The third-order valence-corrected chi connectivity index (χ3v) is 2.89. The smallest absolute Gasteiger partial charge is 0.304 e. The quantitative estimate of drug-likeness (QED) is 0.454. The third kappa shape index (κ3) is 11.7. The molecule has 0 aromatic rings. The number of halogens is 1. The lowest BCUT2D eigenvalue weighted by atomic mass is 10.1. The minimum Gasteiger partial charge on any atom is -0.481 e. The summed E-state index contributed by atoms with van der Waals surface area (Å²) >= 11 is 5.86. The van der Waals surface area contributed by atoms with Crippen LogP contribution in [0.4, 0.5) is 0 Å². The molecule has 1 N–H and O–H groups in total. The van der Waals surface area contributed by atoms with Gasteiger partial charge in [0.2, 0.25) is 0 Å². The van der Waals surface area contributed by atoms with Gasteiger partial charge in [-0.3, -0.25) is 4.79 Å². The first-order valence-electron chi connectivity index (χ1n) is 6.02. The molecule has 90 valence electrons. The van der Waals surface area contributed by atoms with E-state index in [-0.39, 0.29) is 11.8 Å². The van der Waals surface area contributed by atoms with E-state index in [1.807, 2.05) is 0 Å². The third-order valence-electron chi connectivity index (χ3n) is 2.52. The van der Waals surface area contributed by atoms with Gasteiger partial charge in [-0.2, -0.15) is 0 Å². The van der Waals surface area contributed by atoms with Crippen LogP contribution >= 0.6 is 11.6 Å². The average Bonchev–Trinajstić information content (AvgIpc) is 2.15. The highest BCUT2D eigenvalue weighted by Crippen LogP contribution is 2.14. The molecule has 0 aromatic carbocycles. The molecule has 0 bridgehead atoms. The number of carboxylic acid groups (broad SMARTS) is 1. The Balaban J connectivity index is 3.13. The fourth-order valence-electron chi connectivity index (χ4n) is 1.61. The fourth-order valence-corrected chi connectivity index (χ4v) is 1.90. The van der Waals surface area contributed by atoms with Crippen molar-refractivity contribution in [3.05, 3.63) is 0 Å². The van der Waals surface area contributed by atoms with Crippen molar-refractivity contribution < 1.29 is 9.90 Å². The van der Waals surface area contributed by atoms with Crippen molar-refractivity contribution in [2.45, 2.75) is 70.1 Å². The van der Waals surface area contributed by atoms with E-state index in [0.717, 1.165) is 12.8 Å². The maximum Gasteiger partial charge on any atom is 0.304 e. The first kappa shape index (κ1) is 14.8. The first-order chi connectivity index (χ1) is 7.16. The Kier molecular flexibility index (Phi) is 10.1. The minimum atomic E-state index is -0.794. The molecule has 1 atom stereocenters. The molecule has 0 heterocycles. The summed E-state index contributed by atoms with van der Waals surface area (Å²) in [5.74, 6) is -0.794. The molecular weight excluding hydrogens is 212 g/mol. The predicted molar refractivity (Wildman–Crippen MR) is 64.5 cm³/mol. The molecule has 0 saturated carbocycles. The van der Waals surface area contributed by atoms with E-state index in [9.17, 15) is 4.79 Å². The molecule has 0 aliphatic rings. The number of aliphatic carboxylic acids is 1. The highest BCUT2D eigenvalue weighted by molar-refractivity contribution is 6.21. The molecule has 2 nitrogen and oxygen atoms in total. The van der Waals surface area contributed by atoms with Crippen LogP contribution in [0.3, 0.4) is 0 Å². The van der Waals surface area contributed by atoms with Gasteiger partial charge < -0.3 is 5.11 Å². The Morgan fingerprint density at radius 3 is 2.20 bits per heavy atom. The van der Waals surface area contributed by atoms with Crippen LogP contribution in [0.15, 0.2) is 0 Å². The number of unbranched alkanes of at least 4 members (excludes halogenated alkanes) is 6. The largest absolute Gasteiger partial charge is 0.481 e. The van der Waals surface area contributed by atoms with Crippen LogP contribution in [-0.4, -0.2) is 16.5 Å². The zero-order valence-electron chi connectivity index (χ0n) is 9.67. The predicted octanol–water partition coefficient (Wildman–Crippen LogP) is 4.21. The lowest BCUT2D eigenvalue weighted by molar-refractivity contribution is -0.137. The Bertz CT molecular complexity index is 160. The van der Waals surface area contributed by atoms with Crippen LogP contribution in [-0.2, 0) is 4.79 Å². The van der Waals surface area contributed by atoms with Gasteiger partial charge in [0.25, 0.3) is 0 Å². The summed E-state index contributed by atoms with van der Waals surface area (Å²) in [7, 11) is 0. The van der Waals surface area contributed by atoms with Crippen molar-refractivity contribution in [1.29, 1.82) is 0 Å². The molecule has 0 spiro atoms. The van der Waals surface area contributed by atoms with Crippen molar-refractivity contribution in [3.8, 4) is 0 Å². The van der Waals surface area contributed by atoms with Gasteiger partial charge in [0, 0.05) is 5.38 Å². The molecule has 0 fully saturated rings. The maximum atomic E-state index is 10.3. The van der Waals surface area contributed by atoms with Crippen LogP contribution in [0.1, 0.15) is 64.7 Å². The van der Waals surface area contributed by atoms with Gasteiger partial charge in [-0.1, -0.05) is 51.9 Å². The van der Waals surface area contributed by atoms with Crippen molar-refractivity contribution in [2.75, 3.05) is 0 Å². The molecule has 15 heavy (non-hydrogen) atoms. The summed E-state index contributed by atoms with van der Waals surface area (Å²) in [6, 6.07) is 0. The number of hydrogen-bond acceptors (Lipinski definition) is 1. The second-order valence-corrected chi connectivity index (χ2v) is 4.72. The molecule has 0 aliphatic carbocycles. The number of hydrogen-bond donors (Lipinski definition) is 1. The van der Waals surface area contributed by atoms with Gasteiger partial charge in [0.05, 0.1) is 6.42 Å². The van der Waals surface area contributed by atoms with E-state index in [4.69, 9.17) is 16.7 Å². The van der Waals surface area contributed by atoms with Crippen LogP contribution in [0.25, 0.3) is 0 Å². The molecule has 3 heteroatoms. The topological polar surface area (TPSA) is 37.3 Å². The second kappa shape index (κ2) is 10.3. The number of carbonyl (C=O) groups is 1. The Hall–Kier alpha value is -0.240. The van der Waals surface area contributed by atoms with Gasteiger partial charge in [-0.05, 0) is 6.42 Å². The zero-order valence-corrected chi connectivity index (χ0v) is 10.4. The highest BCUT2D eigenvalue weighted by atomic mass is 35.5. The Morgan fingerprint density at radius 1 is 1.13 bits per heavy atom. The molecule has 1 unspecified atom stereocenters. The van der Waals surface area contributed by atoms with Gasteiger partial charge in [0.15, 0.2) is 0 Å². The second-order valence-electron chi connectivity index (χ2n) is 4.11. The molecular formula is C12H23ClO2. The monoisotopic (exact) mass is 234 g/mol. The van der Waals surface area contributed by atoms with Gasteiger partial charge in [-0.25, -0.2) is 0 Å². The van der Waals surface area contributed by atoms with E-state index in [1.54, 1.807) is 0 Å². The van der Waals surface area contributed by atoms with E-state index < -0.39 is 5.97 Å². The maximum absolute atomic E-state index is 10.3. The Labute approximate surface area is 98.0 Å². The lowest BCUT2D eigenvalue weighted by Gasteiger charge is -2.05. The van der Waals surface area contributed by atoms with E-state index in [1.165, 1.54) is 38.5 Å². The lowest BCUT2D eigenvalue weighted by Crippen LogP contribution is -2.06. The Morgan fingerprint density at radius 2 is 1.67 bits per heavy atom. The number of rotatable bonds is 10. The van der Waals surface area contributed by atoms with E-state index >= 15 is 0 Å². The van der Waals surface area contributed by atoms with Gasteiger partial charge in [-0.15, -0.1) is 11.6 Å². The van der Waals surface area contributed by atoms with E-state index in [2.05, 4.69) is 6.92 Å². The van der Waals surface area contributed by atoms with Crippen LogP contribution in [0.5, 0.6) is 0 Å². The molecule has 0 radical (unpaired) electrons. The van der Waals surface area contributed by atoms with Crippen molar-refractivity contribution in [3.63, 3.8) is 0 Å². The van der Waals surface area contributed by atoms with Crippen molar-refractivity contribution >= 4 is 17.6 Å². The van der Waals surface area contributed by atoms with Crippen LogP contribution in [0.2, 0.25) is 0 Å². The summed E-state index contributed by atoms with van der Waals surface area (Å²) in [6.07, 6.45) is 9.69. The van der Waals surface area contributed by atoms with Crippen LogP contribution < -0.4 is 0 Å². The first-order valence-corrected chi connectivity index (χ1v) is 6.46. The average molecular weight is 235 g/mol. The number of alkyl halides is 1. The SMILES string of the molecule is CCCCCCCCCC(Cl)CC(=O)O. The van der Waals surface area contributed by atoms with E-state index in [0.29, 0.717) is 0 Å². The molecule has 0 amide bonds. The fraction of sp³-hybridized carbons (Fsp3) is 0.917. The molecule has 0 saturated heterocycles. The van der Waals surface area contributed by atoms with Crippen LogP contribution in [0, 0.1) is 0 Å². The standard InChI is InChI=1S/C12H23ClO2/c1-2-3-4-5-6-7-8-9-11(13)10-12(14)15/h11H,2-10H2,1H3,(H,14,15). The molecule has 0 aromatic heterocycles. The summed E-state index contributed by atoms with van der Waals surface area (Å²) in [6.45, 7) is 2.21. The summed E-state index contributed by atoms with van der Waals surface area (Å²) in [5.41, 5.74) is 0. The van der Waals surface area contributed by atoms with Gasteiger partial charge in [0.1, 0.15) is 0 Å². The highest BCUT2D eigenvalue weighted by Gasteiger charge is 2.08. The summed E-state index contributed by atoms with van der Waals surface area (Å²) in [4.78, 5) is 10.3. The summed E-state index contributed by atoms with van der Waals surface area (Å²) < 4.78 is 0.